The Morgan fingerprint density at radius 3 is 1.02 bits per heavy atom. The molecular formula is C52H32. The predicted molar refractivity (Wildman–Crippen MR) is 225 cm³/mol. The van der Waals surface area contributed by atoms with Crippen LogP contribution in [-0.2, 0) is 0 Å². The van der Waals surface area contributed by atoms with Gasteiger partial charge in [0.1, 0.15) is 0 Å². The van der Waals surface area contributed by atoms with Crippen LogP contribution in [0.5, 0.6) is 0 Å². The molecule has 0 radical (unpaired) electrons. The minimum absolute atomic E-state index is 1.23. The highest BCUT2D eigenvalue weighted by molar-refractivity contribution is 6.20. The lowest BCUT2D eigenvalue weighted by Crippen LogP contribution is -1.91. The molecule has 52 heavy (non-hydrogen) atoms. The fourth-order valence-corrected chi connectivity index (χ4v) is 8.77. The molecule has 11 aromatic rings. The van der Waals surface area contributed by atoms with E-state index in [0.29, 0.717) is 0 Å². The van der Waals surface area contributed by atoms with Gasteiger partial charge < -0.3 is 0 Å². The van der Waals surface area contributed by atoms with Crippen LogP contribution in [0.25, 0.3) is 109 Å². The van der Waals surface area contributed by atoms with Gasteiger partial charge in [-0.15, -0.1) is 0 Å². The van der Waals surface area contributed by atoms with Gasteiger partial charge in [0.2, 0.25) is 0 Å². The molecule has 0 heterocycles. The van der Waals surface area contributed by atoms with E-state index in [0.717, 1.165) is 0 Å². The third kappa shape index (κ3) is 4.41. The molecular weight excluding hydrogens is 625 g/mol. The van der Waals surface area contributed by atoms with Crippen LogP contribution in [0.3, 0.4) is 0 Å². The van der Waals surface area contributed by atoms with E-state index in [1.165, 1.54) is 109 Å². The number of rotatable bonds is 3. The van der Waals surface area contributed by atoms with Crippen molar-refractivity contribution in [2.45, 2.75) is 0 Å². The predicted octanol–water partition coefficient (Wildman–Crippen LogP) is 14.8. The third-order valence-corrected chi connectivity index (χ3v) is 11.2. The van der Waals surface area contributed by atoms with Crippen molar-refractivity contribution in [1.82, 2.24) is 0 Å². The molecule has 0 aromatic heterocycles. The second-order valence-electron chi connectivity index (χ2n) is 14.0. The van der Waals surface area contributed by atoms with Crippen LogP contribution in [-0.4, -0.2) is 0 Å². The molecule has 0 aliphatic rings. The van der Waals surface area contributed by atoms with Crippen LogP contribution in [0.15, 0.2) is 194 Å². The third-order valence-electron chi connectivity index (χ3n) is 11.2. The van der Waals surface area contributed by atoms with Gasteiger partial charge in [-0.3, -0.25) is 0 Å². The Labute approximate surface area is 301 Å². The Morgan fingerprint density at radius 2 is 0.519 bits per heavy atom. The summed E-state index contributed by atoms with van der Waals surface area (Å²) in [6, 6.07) is 72.1. The molecule has 0 heteroatoms. The zero-order valence-corrected chi connectivity index (χ0v) is 28.5. The second kappa shape index (κ2) is 11.4. The van der Waals surface area contributed by atoms with Crippen molar-refractivity contribution in [2.75, 3.05) is 0 Å². The topological polar surface area (TPSA) is 0 Å². The van der Waals surface area contributed by atoms with Crippen molar-refractivity contribution in [3.63, 3.8) is 0 Å². The van der Waals surface area contributed by atoms with E-state index in [2.05, 4.69) is 194 Å². The average molecular weight is 657 g/mol. The van der Waals surface area contributed by atoms with Gasteiger partial charge in [-0.25, -0.2) is 0 Å². The van der Waals surface area contributed by atoms with Crippen LogP contribution in [0.1, 0.15) is 0 Å². The van der Waals surface area contributed by atoms with E-state index in [9.17, 15) is 0 Å². The summed E-state index contributed by atoms with van der Waals surface area (Å²) in [5, 5.41) is 17.8. The van der Waals surface area contributed by atoms with Gasteiger partial charge in [0, 0.05) is 0 Å². The normalized spacial score (nSPS) is 11.8. The number of hydrogen-bond donors (Lipinski definition) is 0. The second-order valence-corrected chi connectivity index (χ2v) is 14.0. The fourth-order valence-electron chi connectivity index (χ4n) is 8.77. The lowest BCUT2D eigenvalue weighted by Gasteiger charge is -2.18. The molecule has 0 atom stereocenters. The van der Waals surface area contributed by atoms with Crippen molar-refractivity contribution in [1.29, 1.82) is 0 Å². The number of benzene rings is 11. The summed E-state index contributed by atoms with van der Waals surface area (Å²) in [6.45, 7) is 0. The van der Waals surface area contributed by atoms with Gasteiger partial charge in [-0.05, 0) is 145 Å². The lowest BCUT2D eigenvalue weighted by molar-refractivity contribution is 1.66. The van der Waals surface area contributed by atoms with E-state index < -0.39 is 0 Å². The molecule has 0 unspecified atom stereocenters. The molecule has 0 amide bonds. The quantitative estimate of drug-likeness (QED) is 0.166. The van der Waals surface area contributed by atoms with Crippen molar-refractivity contribution < 1.29 is 0 Å². The van der Waals surface area contributed by atoms with Gasteiger partial charge in [-0.1, -0.05) is 158 Å². The maximum Gasteiger partial charge on any atom is -0.00926 e. The van der Waals surface area contributed by atoms with Crippen molar-refractivity contribution in [3.05, 3.63) is 194 Å². The van der Waals surface area contributed by atoms with Gasteiger partial charge in [0.25, 0.3) is 0 Å². The average Bonchev–Trinajstić information content (AvgIpc) is 3.22. The van der Waals surface area contributed by atoms with E-state index in [1.54, 1.807) is 0 Å². The van der Waals surface area contributed by atoms with Crippen molar-refractivity contribution in [2.24, 2.45) is 0 Å². The maximum absolute atomic E-state index is 2.46. The van der Waals surface area contributed by atoms with Gasteiger partial charge in [0.05, 0.1) is 0 Å². The van der Waals surface area contributed by atoms with Gasteiger partial charge in [0.15, 0.2) is 0 Å². The molecule has 240 valence electrons. The molecule has 11 rings (SSSR count). The Balaban J connectivity index is 1.26. The Morgan fingerprint density at radius 1 is 0.173 bits per heavy atom. The summed E-state index contributed by atoms with van der Waals surface area (Å²) in [7, 11) is 0. The summed E-state index contributed by atoms with van der Waals surface area (Å²) >= 11 is 0. The molecule has 0 saturated carbocycles. The van der Waals surface area contributed by atoms with Crippen LogP contribution in [0.4, 0.5) is 0 Å². The summed E-state index contributed by atoms with van der Waals surface area (Å²) < 4.78 is 0. The van der Waals surface area contributed by atoms with Crippen LogP contribution < -0.4 is 0 Å². The van der Waals surface area contributed by atoms with Crippen LogP contribution in [0, 0.1) is 0 Å². The molecule has 0 spiro atoms. The van der Waals surface area contributed by atoms with Crippen molar-refractivity contribution >= 4 is 75.4 Å². The van der Waals surface area contributed by atoms with Crippen LogP contribution >= 0.6 is 0 Å². The Hall–Kier alpha value is -6.76. The summed E-state index contributed by atoms with van der Waals surface area (Å²) in [6.07, 6.45) is 0. The Bertz CT molecular complexity index is 3240. The highest BCUT2D eigenvalue weighted by atomic mass is 14.2. The molecule has 0 saturated heterocycles. The van der Waals surface area contributed by atoms with Gasteiger partial charge >= 0.3 is 0 Å². The molecule has 0 aliphatic heterocycles. The molecule has 11 aromatic carbocycles. The summed E-state index contributed by atoms with van der Waals surface area (Å²) in [5.41, 5.74) is 7.47. The fraction of sp³-hybridized carbons (Fsp3) is 0. The Kier molecular flexibility index (Phi) is 6.35. The first-order valence-corrected chi connectivity index (χ1v) is 18.1. The first-order chi connectivity index (χ1) is 25.8. The van der Waals surface area contributed by atoms with E-state index >= 15 is 0 Å². The minimum atomic E-state index is 1.23. The van der Waals surface area contributed by atoms with Gasteiger partial charge in [-0.2, -0.15) is 0 Å². The standard InChI is InChI=1S/C52H32/c1-4-16-39-33(13-1)28-48(45-22-10-7-19-42(39)45)37-26-25-36-27-38(50-29-34-14-2-5-17-40(34)43-20-8-11-23-46(43)50)32-52(49(36)30-37)51-31-35-15-3-6-18-41(35)44-21-9-12-24-47(44)51/h1-32H. The van der Waals surface area contributed by atoms with Crippen molar-refractivity contribution in [3.8, 4) is 33.4 Å². The van der Waals surface area contributed by atoms with E-state index in [4.69, 9.17) is 0 Å². The molecule has 0 aliphatic carbocycles. The maximum atomic E-state index is 2.46. The molecule has 0 fully saturated rings. The van der Waals surface area contributed by atoms with E-state index in [-0.39, 0.29) is 0 Å². The summed E-state index contributed by atoms with van der Waals surface area (Å²) in [4.78, 5) is 0. The first kappa shape index (κ1) is 29.0. The molecule has 0 nitrogen and oxygen atoms in total. The number of fused-ring (bicyclic) bond motifs is 10. The smallest absolute Gasteiger partial charge is 0.00926 e. The number of hydrogen-bond acceptors (Lipinski definition) is 0. The first-order valence-electron chi connectivity index (χ1n) is 18.1. The molecule has 0 N–H and O–H groups in total. The highest BCUT2D eigenvalue weighted by Crippen LogP contribution is 2.44. The van der Waals surface area contributed by atoms with E-state index in [1.807, 2.05) is 0 Å². The highest BCUT2D eigenvalue weighted by Gasteiger charge is 2.17. The monoisotopic (exact) mass is 656 g/mol. The minimum Gasteiger partial charge on any atom is -0.0616 e. The largest absolute Gasteiger partial charge is 0.0616 e. The summed E-state index contributed by atoms with van der Waals surface area (Å²) in [5.74, 6) is 0. The lowest BCUT2D eigenvalue weighted by atomic mass is 9.85. The zero-order valence-electron chi connectivity index (χ0n) is 28.5. The van der Waals surface area contributed by atoms with Crippen LogP contribution in [0.2, 0.25) is 0 Å². The zero-order chi connectivity index (χ0) is 34.2. The SMILES string of the molecule is c1ccc2c(c1)cc(-c1cc(-c3cc4ccccc4c4ccccc34)c3cc(-c4cc5ccccc5c5ccccc45)ccc3c1)c1ccccc12. The molecule has 0 bridgehead atoms.